The first-order chi connectivity index (χ1) is 20.3. The Kier molecular flexibility index (Phi) is 9.82. The molecule has 1 heterocycles. The molecule has 0 saturated carbocycles. The molecule has 4 rings (SSSR count). The molecular formula is C33H38FN3O5S. The minimum atomic E-state index is -1.71. The molecule has 1 aliphatic rings. The van der Waals surface area contributed by atoms with Crippen LogP contribution in [-0.4, -0.2) is 61.6 Å². The number of thioether (sulfide) groups is 1. The van der Waals surface area contributed by atoms with E-state index in [9.17, 15) is 29.0 Å². The zero-order valence-corrected chi connectivity index (χ0v) is 25.8. The van der Waals surface area contributed by atoms with Crippen molar-refractivity contribution >= 4 is 29.5 Å². The minimum absolute atomic E-state index is 0.0184. The van der Waals surface area contributed by atoms with Crippen LogP contribution in [0.2, 0.25) is 0 Å². The van der Waals surface area contributed by atoms with Crippen molar-refractivity contribution in [3.63, 3.8) is 0 Å². The average Bonchev–Trinajstić information content (AvgIpc) is 3.28. The van der Waals surface area contributed by atoms with E-state index in [-0.39, 0.29) is 29.5 Å². The van der Waals surface area contributed by atoms with Crippen molar-refractivity contribution in [3.05, 3.63) is 99.9 Å². The van der Waals surface area contributed by atoms with Gasteiger partial charge in [-0.3, -0.25) is 14.4 Å². The Morgan fingerprint density at radius 3 is 2.30 bits per heavy atom. The maximum Gasteiger partial charge on any atom is 0.254 e. The number of carbonyl (C=O) groups excluding carboxylic acids is 3. The molecular weight excluding hydrogens is 569 g/mol. The number of hydrogen-bond acceptors (Lipinski definition) is 6. The number of nitrogens with zero attached hydrogens (tertiary/aromatic N) is 1. The molecule has 8 nitrogen and oxygen atoms in total. The van der Waals surface area contributed by atoms with Gasteiger partial charge in [-0.15, -0.1) is 11.8 Å². The number of hydrogen-bond donors (Lipinski definition) is 4. The Labute approximate surface area is 255 Å². The van der Waals surface area contributed by atoms with Gasteiger partial charge < -0.3 is 25.7 Å². The third-order valence-corrected chi connectivity index (χ3v) is 9.40. The van der Waals surface area contributed by atoms with Gasteiger partial charge in [-0.1, -0.05) is 36.4 Å². The Morgan fingerprint density at radius 2 is 1.65 bits per heavy atom. The molecule has 0 bridgehead atoms. The van der Waals surface area contributed by atoms with Gasteiger partial charge in [0.1, 0.15) is 17.6 Å². The molecule has 1 saturated heterocycles. The van der Waals surface area contributed by atoms with Gasteiger partial charge in [-0.2, -0.15) is 0 Å². The van der Waals surface area contributed by atoms with E-state index < -0.39 is 40.6 Å². The first kappa shape index (κ1) is 32.0. The number of nitrogens with one attached hydrogen (secondary N) is 2. The number of phenols is 1. The molecule has 228 valence electrons. The molecule has 3 amide bonds. The molecule has 43 heavy (non-hydrogen) atoms. The molecule has 0 spiro atoms. The molecule has 4 N–H and O–H groups in total. The van der Waals surface area contributed by atoms with Crippen LogP contribution in [-0.2, 0) is 22.6 Å². The molecule has 3 aromatic carbocycles. The normalized spacial score (nSPS) is 17.3. The van der Waals surface area contributed by atoms with Crippen LogP contribution in [0.4, 0.5) is 4.39 Å². The van der Waals surface area contributed by atoms with Gasteiger partial charge in [0.05, 0.1) is 11.9 Å². The monoisotopic (exact) mass is 607 g/mol. The number of halogens is 1. The standard InChI is InChI=1S/C33H38FN3O5S/c1-19-8-6-9-20(2)25(19)17-35-31(41)29-33(4,5)43-18-37(29)32(42)28(39)26(16-22-12-14-23(34)15-13-22)36-30(40)24-10-7-11-27(38)21(24)3/h6-15,26,28-29,38-39H,16-18H2,1-5H3,(H,35,41)(H,36,40)/t26-,28-,29?/m0/s1. The summed E-state index contributed by atoms with van der Waals surface area (Å²) < 4.78 is 12.9. The highest BCUT2D eigenvalue weighted by atomic mass is 32.2. The number of benzene rings is 3. The number of rotatable bonds is 9. The van der Waals surface area contributed by atoms with Crippen LogP contribution in [0, 0.1) is 26.6 Å². The first-order valence-corrected chi connectivity index (χ1v) is 15.1. The predicted molar refractivity (Wildman–Crippen MR) is 165 cm³/mol. The van der Waals surface area contributed by atoms with E-state index in [2.05, 4.69) is 10.6 Å². The SMILES string of the molecule is Cc1cccc(C)c1CNC(=O)C1N(C(=O)[C@@H](O)[C@H](Cc2ccc(F)cc2)NC(=O)c2cccc(O)c2C)CSC1(C)C. The lowest BCUT2D eigenvalue weighted by atomic mass is 9.96. The predicted octanol–water partition coefficient (Wildman–Crippen LogP) is 4.16. The number of aromatic hydroxyl groups is 1. The number of aryl methyl sites for hydroxylation is 2. The number of amides is 3. The van der Waals surface area contributed by atoms with E-state index in [1.807, 2.05) is 45.9 Å². The number of phenolic OH excluding ortho intramolecular Hbond substituents is 1. The summed E-state index contributed by atoms with van der Waals surface area (Å²) in [5.41, 5.74) is 4.21. The zero-order valence-electron chi connectivity index (χ0n) is 25.0. The molecule has 1 fully saturated rings. The zero-order chi connectivity index (χ0) is 31.5. The lowest BCUT2D eigenvalue weighted by Gasteiger charge is -2.33. The Balaban J connectivity index is 1.58. The number of aliphatic hydroxyl groups is 1. The second-order valence-corrected chi connectivity index (χ2v) is 13.1. The smallest absolute Gasteiger partial charge is 0.254 e. The van der Waals surface area contributed by atoms with Gasteiger partial charge in [-0.25, -0.2) is 4.39 Å². The molecule has 10 heteroatoms. The van der Waals surface area contributed by atoms with Gasteiger partial charge in [0, 0.05) is 22.4 Å². The third-order valence-electron chi connectivity index (χ3n) is 8.03. The maximum absolute atomic E-state index is 13.9. The van der Waals surface area contributed by atoms with Crippen LogP contribution in [0.3, 0.4) is 0 Å². The summed E-state index contributed by atoms with van der Waals surface area (Å²) in [6, 6.07) is 14.0. The van der Waals surface area contributed by atoms with Gasteiger partial charge in [-0.05, 0) is 87.6 Å². The van der Waals surface area contributed by atoms with Crippen molar-refractivity contribution in [1.82, 2.24) is 15.5 Å². The Morgan fingerprint density at radius 1 is 1.02 bits per heavy atom. The molecule has 0 aromatic heterocycles. The van der Waals surface area contributed by atoms with E-state index >= 15 is 0 Å². The summed E-state index contributed by atoms with van der Waals surface area (Å²) in [5.74, 6) is -1.97. The lowest BCUT2D eigenvalue weighted by molar-refractivity contribution is -0.147. The van der Waals surface area contributed by atoms with Gasteiger partial charge in [0.15, 0.2) is 6.10 Å². The molecule has 1 aliphatic heterocycles. The fraction of sp³-hybridized carbons (Fsp3) is 0.364. The molecule has 0 radical (unpaired) electrons. The van der Waals surface area contributed by atoms with Crippen molar-refractivity contribution in [1.29, 1.82) is 0 Å². The quantitative estimate of drug-likeness (QED) is 0.290. The average molecular weight is 608 g/mol. The summed E-state index contributed by atoms with van der Waals surface area (Å²) >= 11 is 1.43. The third kappa shape index (κ3) is 7.19. The van der Waals surface area contributed by atoms with Gasteiger partial charge >= 0.3 is 0 Å². The minimum Gasteiger partial charge on any atom is -0.508 e. The highest BCUT2D eigenvalue weighted by Gasteiger charge is 2.49. The second-order valence-electron chi connectivity index (χ2n) is 11.5. The van der Waals surface area contributed by atoms with Crippen LogP contribution in [0.25, 0.3) is 0 Å². The van der Waals surface area contributed by atoms with E-state index in [0.717, 1.165) is 16.7 Å². The lowest BCUT2D eigenvalue weighted by Crippen LogP contribution is -2.58. The van der Waals surface area contributed by atoms with Crippen molar-refractivity contribution < 1.29 is 29.0 Å². The topological polar surface area (TPSA) is 119 Å². The van der Waals surface area contributed by atoms with E-state index in [1.165, 1.54) is 59.1 Å². The van der Waals surface area contributed by atoms with Crippen LogP contribution in [0.15, 0.2) is 60.7 Å². The summed E-state index contributed by atoms with van der Waals surface area (Å²) in [6.45, 7) is 9.59. The Hall–Kier alpha value is -3.89. The summed E-state index contributed by atoms with van der Waals surface area (Å²) in [4.78, 5) is 42.1. The van der Waals surface area contributed by atoms with Crippen molar-refractivity contribution in [2.45, 2.75) is 70.5 Å². The largest absolute Gasteiger partial charge is 0.508 e. The van der Waals surface area contributed by atoms with Crippen LogP contribution in [0.1, 0.15) is 52.0 Å². The van der Waals surface area contributed by atoms with Crippen LogP contribution in [0.5, 0.6) is 5.75 Å². The highest BCUT2D eigenvalue weighted by molar-refractivity contribution is 8.00. The molecule has 1 unspecified atom stereocenters. The fourth-order valence-electron chi connectivity index (χ4n) is 5.39. The summed E-state index contributed by atoms with van der Waals surface area (Å²) in [5, 5.41) is 27.3. The van der Waals surface area contributed by atoms with Crippen LogP contribution < -0.4 is 10.6 Å². The summed E-state index contributed by atoms with van der Waals surface area (Å²) in [6.07, 6.45) is -1.69. The second kappa shape index (κ2) is 13.2. The van der Waals surface area contributed by atoms with Crippen LogP contribution >= 0.6 is 11.8 Å². The van der Waals surface area contributed by atoms with Gasteiger partial charge in [0.25, 0.3) is 11.8 Å². The maximum atomic E-state index is 13.9. The van der Waals surface area contributed by atoms with Crippen molar-refractivity contribution in [2.24, 2.45) is 0 Å². The van der Waals surface area contributed by atoms with E-state index in [4.69, 9.17) is 0 Å². The van der Waals surface area contributed by atoms with E-state index in [1.54, 1.807) is 6.92 Å². The first-order valence-electron chi connectivity index (χ1n) is 14.1. The highest BCUT2D eigenvalue weighted by Crippen LogP contribution is 2.40. The number of aliphatic hydroxyl groups excluding tert-OH is 1. The number of carbonyl (C=O) groups is 3. The van der Waals surface area contributed by atoms with Crippen molar-refractivity contribution in [3.8, 4) is 5.75 Å². The Bertz CT molecular complexity index is 1490. The fourth-order valence-corrected chi connectivity index (χ4v) is 6.53. The molecule has 3 aromatic rings. The van der Waals surface area contributed by atoms with Crippen molar-refractivity contribution in [2.75, 3.05) is 5.88 Å². The summed E-state index contributed by atoms with van der Waals surface area (Å²) in [7, 11) is 0. The van der Waals surface area contributed by atoms with E-state index in [0.29, 0.717) is 17.7 Å². The van der Waals surface area contributed by atoms with Gasteiger partial charge in [0.2, 0.25) is 5.91 Å². The molecule has 0 aliphatic carbocycles. The molecule has 3 atom stereocenters.